The molecule has 0 amide bonds. The fourth-order valence-corrected chi connectivity index (χ4v) is 1.66. The van der Waals surface area contributed by atoms with E-state index < -0.39 is 11.9 Å². The van der Waals surface area contributed by atoms with Gasteiger partial charge in [-0.2, -0.15) is 4.99 Å². The smallest absolute Gasteiger partial charge is 0.343 e. The van der Waals surface area contributed by atoms with Crippen LogP contribution in [0.2, 0.25) is 0 Å². The second-order valence-corrected chi connectivity index (χ2v) is 4.15. The Labute approximate surface area is 125 Å². The van der Waals surface area contributed by atoms with Gasteiger partial charge < -0.3 is 9.84 Å². The fourth-order valence-electron chi connectivity index (χ4n) is 1.56. The number of carboxylic acid groups (broad SMARTS) is 1. The molecule has 0 unspecified atom stereocenters. The third-order valence-corrected chi connectivity index (χ3v) is 2.68. The summed E-state index contributed by atoms with van der Waals surface area (Å²) in [6, 6.07) is 11.9. The van der Waals surface area contributed by atoms with Crippen LogP contribution in [0, 0.1) is 0 Å². The van der Waals surface area contributed by atoms with Gasteiger partial charge in [0.15, 0.2) is 0 Å². The minimum absolute atomic E-state index is 0.122. The van der Waals surface area contributed by atoms with E-state index in [2.05, 4.69) is 22.4 Å². The highest BCUT2D eigenvalue weighted by atomic mass is 32.1. The molecule has 0 spiro atoms. The van der Waals surface area contributed by atoms with Crippen molar-refractivity contribution in [3.63, 3.8) is 0 Å². The van der Waals surface area contributed by atoms with Crippen LogP contribution in [0.25, 0.3) is 0 Å². The quantitative estimate of drug-likeness (QED) is 0.405. The van der Waals surface area contributed by atoms with Gasteiger partial charge in [0.25, 0.3) is 0 Å². The summed E-state index contributed by atoms with van der Waals surface area (Å²) in [5.74, 6) is -1.32. The number of aromatic carboxylic acids is 1. The van der Waals surface area contributed by atoms with Gasteiger partial charge >= 0.3 is 11.9 Å². The number of benzene rings is 2. The molecule has 2 aromatic rings. The van der Waals surface area contributed by atoms with Gasteiger partial charge in [-0.3, -0.25) is 0 Å². The number of esters is 1. The predicted octanol–water partition coefficient (Wildman–Crippen LogP) is 3.34. The van der Waals surface area contributed by atoms with Crippen molar-refractivity contribution >= 4 is 35.0 Å². The molecule has 0 atom stereocenters. The second-order valence-electron chi connectivity index (χ2n) is 3.97. The molecule has 21 heavy (non-hydrogen) atoms. The Balaban J connectivity index is 2.10. The molecule has 0 aliphatic heterocycles. The van der Waals surface area contributed by atoms with Crippen LogP contribution in [-0.2, 0) is 0 Å². The number of aliphatic imine (C=N–C) groups is 1. The van der Waals surface area contributed by atoms with Crippen molar-refractivity contribution in [3.8, 4) is 5.75 Å². The zero-order valence-electron chi connectivity index (χ0n) is 10.6. The summed E-state index contributed by atoms with van der Waals surface area (Å²) < 4.78 is 5.14. The third kappa shape index (κ3) is 3.82. The first-order valence-electron chi connectivity index (χ1n) is 5.83. The summed E-state index contributed by atoms with van der Waals surface area (Å²) in [4.78, 5) is 26.4. The molecule has 0 aromatic heterocycles. The maximum absolute atomic E-state index is 11.9. The largest absolute Gasteiger partial charge is 0.478 e. The molecule has 104 valence electrons. The van der Waals surface area contributed by atoms with Crippen molar-refractivity contribution in [1.29, 1.82) is 0 Å². The SMILES string of the molecule is O=C(O)c1ccc(OC(=O)c2ccc(N=C=S)cc2)cc1. The van der Waals surface area contributed by atoms with Crippen LogP contribution in [0.4, 0.5) is 5.69 Å². The van der Waals surface area contributed by atoms with Gasteiger partial charge in [0.05, 0.1) is 22.0 Å². The summed E-state index contributed by atoms with van der Waals surface area (Å²) in [6.07, 6.45) is 0. The van der Waals surface area contributed by atoms with Gasteiger partial charge in [-0.15, -0.1) is 0 Å². The van der Waals surface area contributed by atoms with Crippen LogP contribution in [0.1, 0.15) is 20.7 Å². The van der Waals surface area contributed by atoms with Gasteiger partial charge in [0.2, 0.25) is 0 Å². The van der Waals surface area contributed by atoms with E-state index in [4.69, 9.17) is 9.84 Å². The summed E-state index contributed by atoms with van der Waals surface area (Å²) in [7, 11) is 0. The molecule has 2 aromatic carbocycles. The van der Waals surface area contributed by atoms with Crippen molar-refractivity contribution < 1.29 is 19.4 Å². The molecule has 0 fully saturated rings. The monoisotopic (exact) mass is 299 g/mol. The Morgan fingerprint density at radius 2 is 1.57 bits per heavy atom. The zero-order valence-corrected chi connectivity index (χ0v) is 11.5. The Kier molecular flexibility index (Phi) is 4.56. The Morgan fingerprint density at radius 3 is 2.10 bits per heavy atom. The highest BCUT2D eigenvalue weighted by molar-refractivity contribution is 7.78. The number of thiocarbonyl (C=S) groups is 1. The predicted molar refractivity (Wildman–Crippen MR) is 79.5 cm³/mol. The highest BCUT2D eigenvalue weighted by Gasteiger charge is 2.09. The molecular formula is C15H9NO4S. The van der Waals surface area contributed by atoms with Crippen molar-refractivity contribution in [2.45, 2.75) is 0 Å². The molecule has 0 heterocycles. The van der Waals surface area contributed by atoms with E-state index in [0.717, 1.165) is 0 Å². The van der Waals surface area contributed by atoms with Crippen LogP contribution < -0.4 is 4.74 Å². The molecule has 0 saturated heterocycles. The number of isothiocyanates is 1. The topological polar surface area (TPSA) is 76.0 Å². The Bertz CT molecular complexity index is 716. The first-order chi connectivity index (χ1) is 10.1. The maximum atomic E-state index is 11.9. The Morgan fingerprint density at radius 1 is 1.00 bits per heavy atom. The summed E-state index contributed by atoms with van der Waals surface area (Å²) in [6.45, 7) is 0. The molecule has 0 aliphatic carbocycles. The molecule has 2 rings (SSSR count). The molecule has 1 N–H and O–H groups in total. The van der Waals surface area contributed by atoms with Gasteiger partial charge in [0.1, 0.15) is 5.75 Å². The molecule has 5 nitrogen and oxygen atoms in total. The number of carbonyl (C=O) groups is 2. The van der Waals surface area contributed by atoms with E-state index in [1.54, 1.807) is 24.3 Å². The molecular weight excluding hydrogens is 290 g/mol. The van der Waals surface area contributed by atoms with Gasteiger partial charge in [-0.1, -0.05) is 0 Å². The van der Waals surface area contributed by atoms with Gasteiger partial charge in [-0.05, 0) is 60.7 Å². The summed E-state index contributed by atoms with van der Waals surface area (Å²) in [5.41, 5.74) is 1.06. The first kappa shape index (κ1) is 14.6. The minimum Gasteiger partial charge on any atom is -0.478 e. The van der Waals surface area contributed by atoms with Crippen LogP contribution in [0.5, 0.6) is 5.75 Å². The Hall–Kier alpha value is -2.82. The number of hydrogen-bond acceptors (Lipinski definition) is 5. The molecule has 0 bridgehead atoms. The molecule has 0 radical (unpaired) electrons. The van der Waals surface area contributed by atoms with Crippen LogP contribution >= 0.6 is 12.2 Å². The van der Waals surface area contributed by atoms with Crippen LogP contribution in [0.3, 0.4) is 0 Å². The number of rotatable bonds is 4. The number of nitrogens with zero attached hydrogens (tertiary/aromatic N) is 1. The lowest BCUT2D eigenvalue weighted by molar-refractivity contribution is 0.0696. The van der Waals surface area contributed by atoms with E-state index in [1.165, 1.54) is 24.3 Å². The molecule has 0 saturated carbocycles. The number of ether oxygens (including phenoxy) is 1. The van der Waals surface area contributed by atoms with Crippen LogP contribution in [0.15, 0.2) is 53.5 Å². The lowest BCUT2D eigenvalue weighted by atomic mass is 10.2. The van der Waals surface area contributed by atoms with Crippen molar-refractivity contribution in [3.05, 3.63) is 59.7 Å². The zero-order chi connectivity index (χ0) is 15.2. The average molecular weight is 299 g/mol. The van der Waals surface area contributed by atoms with Crippen LogP contribution in [-0.4, -0.2) is 22.2 Å². The standard InChI is InChI=1S/C15H9NO4S/c17-14(18)10-3-7-13(8-4-10)20-15(19)11-1-5-12(6-2-11)16-9-21/h1-8H,(H,17,18). The average Bonchev–Trinajstić information content (AvgIpc) is 2.49. The maximum Gasteiger partial charge on any atom is 0.343 e. The number of carbonyl (C=O) groups excluding carboxylic acids is 1. The van der Waals surface area contributed by atoms with Gasteiger partial charge in [-0.25, -0.2) is 9.59 Å². The van der Waals surface area contributed by atoms with E-state index in [9.17, 15) is 9.59 Å². The normalized spacial score (nSPS) is 9.52. The minimum atomic E-state index is -1.04. The van der Waals surface area contributed by atoms with E-state index in [0.29, 0.717) is 11.3 Å². The van der Waals surface area contributed by atoms with E-state index in [-0.39, 0.29) is 11.3 Å². The lowest BCUT2D eigenvalue weighted by Gasteiger charge is -2.04. The highest BCUT2D eigenvalue weighted by Crippen LogP contribution is 2.16. The van der Waals surface area contributed by atoms with Crippen molar-refractivity contribution in [2.75, 3.05) is 0 Å². The summed E-state index contributed by atoms with van der Waals surface area (Å²) in [5, 5.41) is 11.0. The van der Waals surface area contributed by atoms with Crippen molar-refractivity contribution in [2.24, 2.45) is 4.99 Å². The second kappa shape index (κ2) is 6.56. The number of carboxylic acids is 1. The fraction of sp³-hybridized carbons (Fsp3) is 0. The number of hydrogen-bond donors (Lipinski definition) is 1. The lowest BCUT2D eigenvalue weighted by Crippen LogP contribution is -2.08. The first-order valence-corrected chi connectivity index (χ1v) is 6.24. The van der Waals surface area contributed by atoms with Gasteiger partial charge in [0, 0.05) is 0 Å². The summed E-state index contributed by atoms with van der Waals surface area (Å²) >= 11 is 4.48. The molecule has 0 aliphatic rings. The van der Waals surface area contributed by atoms with Crippen molar-refractivity contribution in [1.82, 2.24) is 0 Å². The third-order valence-electron chi connectivity index (χ3n) is 2.59. The molecule has 6 heteroatoms. The van der Waals surface area contributed by atoms with E-state index in [1.807, 2.05) is 0 Å². The van der Waals surface area contributed by atoms with E-state index >= 15 is 0 Å².